The van der Waals surface area contributed by atoms with Gasteiger partial charge in [0.1, 0.15) is 5.75 Å². The van der Waals surface area contributed by atoms with Crippen LogP contribution in [0, 0.1) is 13.8 Å². The Bertz CT molecular complexity index is 632. The summed E-state index contributed by atoms with van der Waals surface area (Å²) in [6.45, 7) is 5.92. The molecule has 0 saturated heterocycles. The number of carbonyl (C=O) groups excluding carboxylic acids is 1. The molecule has 2 aromatic carbocycles. The van der Waals surface area contributed by atoms with Crippen LogP contribution in [0.2, 0.25) is 0 Å². The molecule has 0 unspecified atom stereocenters. The monoisotopic (exact) mass is 315 g/mol. The third kappa shape index (κ3) is 4.04. The molecule has 0 saturated carbocycles. The summed E-state index contributed by atoms with van der Waals surface area (Å²) in [5.74, 6) is 0.829. The number of amides is 1. The molecule has 0 fully saturated rings. The zero-order valence-electron chi connectivity index (χ0n) is 13.3. The molecule has 4 heteroatoms. The summed E-state index contributed by atoms with van der Waals surface area (Å²) < 4.78 is 5.14. The maximum atomic E-state index is 12.4. The third-order valence-electron chi connectivity index (χ3n) is 3.47. The van der Waals surface area contributed by atoms with E-state index in [1.54, 1.807) is 7.11 Å². The van der Waals surface area contributed by atoms with Crippen LogP contribution < -0.4 is 10.1 Å². The Morgan fingerprint density at radius 3 is 2.23 bits per heavy atom. The molecule has 0 spiro atoms. The van der Waals surface area contributed by atoms with E-state index < -0.39 is 0 Å². The highest BCUT2D eigenvalue weighted by Gasteiger charge is 2.16. The van der Waals surface area contributed by atoms with Crippen molar-refractivity contribution < 1.29 is 9.53 Å². The summed E-state index contributed by atoms with van der Waals surface area (Å²) in [7, 11) is 1.64. The zero-order chi connectivity index (χ0) is 16.1. The zero-order valence-corrected chi connectivity index (χ0v) is 14.2. The van der Waals surface area contributed by atoms with Gasteiger partial charge in [-0.15, -0.1) is 11.8 Å². The van der Waals surface area contributed by atoms with E-state index >= 15 is 0 Å². The van der Waals surface area contributed by atoms with Gasteiger partial charge >= 0.3 is 0 Å². The van der Waals surface area contributed by atoms with Gasteiger partial charge in [0.05, 0.1) is 12.4 Å². The number of methoxy groups -OCH3 is 1. The lowest BCUT2D eigenvalue weighted by atomic mass is 10.1. The molecule has 116 valence electrons. The van der Waals surface area contributed by atoms with E-state index in [9.17, 15) is 4.79 Å². The standard InChI is InChI=1S/C18H21NO2S/c1-12-6-5-7-13(2)17(12)19-18(20)14(3)22-16-10-8-15(21-4)9-11-16/h5-11,14H,1-4H3,(H,19,20)/t14-/m1/s1. The lowest BCUT2D eigenvalue weighted by molar-refractivity contribution is -0.115. The van der Waals surface area contributed by atoms with Crippen LogP contribution in [-0.4, -0.2) is 18.3 Å². The Labute approximate surface area is 136 Å². The van der Waals surface area contributed by atoms with Gasteiger partial charge in [-0.25, -0.2) is 0 Å². The molecule has 0 radical (unpaired) electrons. The minimum Gasteiger partial charge on any atom is -0.497 e. The van der Waals surface area contributed by atoms with Crippen LogP contribution >= 0.6 is 11.8 Å². The predicted molar refractivity (Wildman–Crippen MR) is 92.9 cm³/mol. The van der Waals surface area contributed by atoms with Gasteiger partial charge in [0, 0.05) is 10.6 Å². The molecule has 1 N–H and O–H groups in total. The summed E-state index contributed by atoms with van der Waals surface area (Å²) in [5.41, 5.74) is 3.07. The number of hydrogen-bond donors (Lipinski definition) is 1. The second kappa shape index (κ2) is 7.36. The average Bonchev–Trinajstić information content (AvgIpc) is 2.51. The van der Waals surface area contributed by atoms with Crippen LogP contribution in [0.4, 0.5) is 5.69 Å². The molecule has 2 aromatic rings. The first-order valence-corrected chi connectivity index (χ1v) is 8.07. The smallest absolute Gasteiger partial charge is 0.237 e. The first-order chi connectivity index (χ1) is 10.5. The van der Waals surface area contributed by atoms with Gasteiger partial charge in [-0.05, 0) is 56.2 Å². The number of rotatable bonds is 5. The SMILES string of the molecule is COc1ccc(S[C@H](C)C(=O)Nc2c(C)cccc2C)cc1. The Kier molecular flexibility index (Phi) is 5.50. The van der Waals surface area contributed by atoms with Crippen molar-refractivity contribution in [2.75, 3.05) is 12.4 Å². The van der Waals surface area contributed by atoms with E-state index in [-0.39, 0.29) is 11.2 Å². The fraction of sp³-hybridized carbons (Fsp3) is 0.278. The number of aryl methyl sites for hydroxylation is 2. The summed E-state index contributed by atoms with van der Waals surface area (Å²) in [4.78, 5) is 13.4. The van der Waals surface area contributed by atoms with E-state index in [2.05, 4.69) is 5.32 Å². The lowest BCUT2D eigenvalue weighted by Crippen LogP contribution is -2.23. The Hall–Kier alpha value is -1.94. The molecule has 0 heterocycles. The van der Waals surface area contributed by atoms with Gasteiger partial charge in [-0.1, -0.05) is 18.2 Å². The van der Waals surface area contributed by atoms with Crippen LogP contribution in [0.1, 0.15) is 18.1 Å². The fourth-order valence-corrected chi connectivity index (χ4v) is 3.02. The van der Waals surface area contributed by atoms with E-state index in [1.165, 1.54) is 11.8 Å². The van der Waals surface area contributed by atoms with Gasteiger partial charge in [0.2, 0.25) is 5.91 Å². The topological polar surface area (TPSA) is 38.3 Å². The molecular weight excluding hydrogens is 294 g/mol. The van der Waals surface area contributed by atoms with Crippen LogP contribution in [0.25, 0.3) is 0 Å². The first-order valence-electron chi connectivity index (χ1n) is 7.19. The van der Waals surface area contributed by atoms with E-state index in [0.717, 1.165) is 27.5 Å². The molecule has 1 amide bonds. The number of hydrogen-bond acceptors (Lipinski definition) is 3. The number of benzene rings is 2. The molecular formula is C18H21NO2S. The Balaban J connectivity index is 2.02. The van der Waals surface area contributed by atoms with Gasteiger partial charge in [0.25, 0.3) is 0 Å². The van der Waals surface area contributed by atoms with Crippen molar-refractivity contribution in [3.63, 3.8) is 0 Å². The average molecular weight is 315 g/mol. The number of anilines is 1. The normalized spacial score (nSPS) is 11.8. The summed E-state index contributed by atoms with van der Waals surface area (Å²) in [6, 6.07) is 13.7. The first kappa shape index (κ1) is 16.4. The molecule has 2 rings (SSSR count). The quantitative estimate of drug-likeness (QED) is 0.829. The highest BCUT2D eigenvalue weighted by atomic mass is 32.2. The van der Waals surface area contributed by atoms with Crippen molar-refractivity contribution in [3.8, 4) is 5.75 Å². The van der Waals surface area contributed by atoms with Crippen LogP contribution in [0.15, 0.2) is 47.4 Å². The molecule has 1 atom stereocenters. The van der Waals surface area contributed by atoms with Crippen molar-refractivity contribution in [1.29, 1.82) is 0 Å². The van der Waals surface area contributed by atoms with E-state index in [1.807, 2.05) is 63.2 Å². The van der Waals surface area contributed by atoms with Gasteiger partial charge < -0.3 is 10.1 Å². The summed E-state index contributed by atoms with van der Waals surface area (Å²) in [6.07, 6.45) is 0. The second-order valence-corrected chi connectivity index (χ2v) is 6.61. The Morgan fingerprint density at radius 1 is 1.09 bits per heavy atom. The molecule has 0 aromatic heterocycles. The van der Waals surface area contributed by atoms with Crippen LogP contribution in [0.3, 0.4) is 0 Å². The van der Waals surface area contributed by atoms with Gasteiger partial charge in [0.15, 0.2) is 0 Å². The highest BCUT2D eigenvalue weighted by molar-refractivity contribution is 8.00. The number of nitrogens with one attached hydrogen (secondary N) is 1. The molecule has 0 aliphatic carbocycles. The summed E-state index contributed by atoms with van der Waals surface area (Å²) in [5, 5.41) is 2.86. The largest absolute Gasteiger partial charge is 0.497 e. The third-order valence-corrected chi connectivity index (χ3v) is 4.58. The molecule has 3 nitrogen and oxygen atoms in total. The van der Waals surface area contributed by atoms with Crippen LogP contribution in [-0.2, 0) is 4.79 Å². The predicted octanol–water partition coefficient (Wildman–Crippen LogP) is 4.43. The molecule has 22 heavy (non-hydrogen) atoms. The minimum absolute atomic E-state index is 0.0122. The van der Waals surface area contributed by atoms with Crippen molar-refractivity contribution in [2.24, 2.45) is 0 Å². The van der Waals surface area contributed by atoms with Crippen molar-refractivity contribution in [1.82, 2.24) is 0 Å². The number of ether oxygens (including phenoxy) is 1. The van der Waals surface area contributed by atoms with Crippen molar-refractivity contribution in [3.05, 3.63) is 53.6 Å². The molecule has 0 aliphatic rings. The van der Waals surface area contributed by atoms with Crippen LogP contribution in [0.5, 0.6) is 5.75 Å². The van der Waals surface area contributed by atoms with Gasteiger partial charge in [-0.3, -0.25) is 4.79 Å². The van der Waals surface area contributed by atoms with Crippen molar-refractivity contribution in [2.45, 2.75) is 30.9 Å². The molecule has 0 aliphatic heterocycles. The number of para-hydroxylation sites is 1. The second-order valence-electron chi connectivity index (χ2n) is 5.19. The van der Waals surface area contributed by atoms with E-state index in [4.69, 9.17) is 4.74 Å². The lowest BCUT2D eigenvalue weighted by Gasteiger charge is -2.15. The number of carbonyl (C=O) groups is 1. The minimum atomic E-state index is -0.174. The maximum Gasteiger partial charge on any atom is 0.237 e. The fourth-order valence-electron chi connectivity index (χ4n) is 2.15. The number of thioether (sulfide) groups is 1. The Morgan fingerprint density at radius 2 is 1.68 bits per heavy atom. The molecule has 0 bridgehead atoms. The van der Waals surface area contributed by atoms with Crippen molar-refractivity contribution >= 4 is 23.4 Å². The maximum absolute atomic E-state index is 12.4. The highest BCUT2D eigenvalue weighted by Crippen LogP contribution is 2.27. The van der Waals surface area contributed by atoms with E-state index in [0.29, 0.717) is 0 Å². The van der Waals surface area contributed by atoms with Gasteiger partial charge in [-0.2, -0.15) is 0 Å². The summed E-state index contributed by atoms with van der Waals surface area (Å²) >= 11 is 1.53.